The van der Waals surface area contributed by atoms with Gasteiger partial charge in [-0.15, -0.1) is 0 Å². The van der Waals surface area contributed by atoms with Crippen LogP contribution in [-0.2, 0) is 6.18 Å². The van der Waals surface area contributed by atoms with Crippen molar-refractivity contribution in [3.8, 4) is 0 Å². The first-order valence-corrected chi connectivity index (χ1v) is 6.68. The summed E-state index contributed by atoms with van der Waals surface area (Å²) < 4.78 is 39.6. The molecule has 2 N–H and O–H groups in total. The van der Waals surface area contributed by atoms with E-state index in [0.29, 0.717) is 0 Å². The molecule has 0 radical (unpaired) electrons. The maximum absolute atomic E-state index is 12.8. The lowest BCUT2D eigenvalue weighted by molar-refractivity contribution is -0.141. The van der Waals surface area contributed by atoms with Crippen LogP contribution in [0.2, 0.25) is 0 Å². The highest BCUT2D eigenvalue weighted by Crippen LogP contribution is 2.35. The van der Waals surface area contributed by atoms with Gasteiger partial charge in [-0.25, -0.2) is 9.50 Å². The highest BCUT2D eigenvalue weighted by Gasteiger charge is 2.35. The molecule has 108 valence electrons. The molecule has 20 heavy (non-hydrogen) atoms. The van der Waals surface area contributed by atoms with Crippen molar-refractivity contribution in [3.63, 3.8) is 0 Å². The highest BCUT2D eigenvalue weighted by molar-refractivity contribution is 5.48. The van der Waals surface area contributed by atoms with Crippen LogP contribution >= 0.6 is 0 Å². The Bertz CT molecular complexity index is 626. The second kappa shape index (κ2) is 4.64. The van der Waals surface area contributed by atoms with E-state index in [4.69, 9.17) is 5.73 Å². The summed E-state index contributed by atoms with van der Waals surface area (Å²) in [4.78, 5) is 3.94. The number of aromatic nitrogens is 3. The molecule has 2 heterocycles. The molecular weight excluding hydrogens is 269 g/mol. The first kappa shape index (κ1) is 13.2. The van der Waals surface area contributed by atoms with Gasteiger partial charge in [0.25, 0.3) is 0 Å². The first-order valence-electron chi connectivity index (χ1n) is 6.68. The summed E-state index contributed by atoms with van der Waals surface area (Å²) in [7, 11) is 0. The number of nitrogens with zero attached hydrogens (tertiary/aromatic N) is 3. The lowest BCUT2D eigenvalue weighted by atomic mass is 9.87. The molecule has 1 fully saturated rings. The third kappa shape index (κ3) is 2.32. The molecule has 1 saturated carbocycles. The number of halogens is 3. The summed E-state index contributed by atoms with van der Waals surface area (Å²) in [5, 5.41) is 3.67. The molecule has 0 aliphatic heterocycles. The molecule has 2 aromatic heterocycles. The van der Waals surface area contributed by atoms with Gasteiger partial charge in [0.15, 0.2) is 11.3 Å². The molecular formula is C13H15F3N4. The third-order valence-electron chi connectivity index (χ3n) is 3.79. The van der Waals surface area contributed by atoms with Crippen LogP contribution in [0.15, 0.2) is 12.1 Å². The summed E-state index contributed by atoms with van der Waals surface area (Å²) in [6.07, 6.45) is 0.794. The van der Waals surface area contributed by atoms with E-state index < -0.39 is 11.9 Å². The van der Waals surface area contributed by atoms with E-state index in [0.717, 1.165) is 37.4 Å². The van der Waals surface area contributed by atoms with Crippen LogP contribution < -0.4 is 5.73 Å². The monoisotopic (exact) mass is 284 g/mol. The Morgan fingerprint density at radius 1 is 1.15 bits per heavy atom. The van der Waals surface area contributed by atoms with E-state index in [2.05, 4.69) is 10.1 Å². The first-order chi connectivity index (χ1) is 9.45. The van der Waals surface area contributed by atoms with Crippen molar-refractivity contribution in [2.75, 3.05) is 5.73 Å². The van der Waals surface area contributed by atoms with Gasteiger partial charge in [0, 0.05) is 18.1 Å². The number of anilines is 1. The average Bonchev–Trinajstić information content (AvgIpc) is 2.82. The molecule has 3 rings (SSSR count). The second-order valence-corrected chi connectivity index (χ2v) is 5.24. The molecule has 7 heteroatoms. The smallest absolute Gasteiger partial charge is 0.384 e. The summed E-state index contributed by atoms with van der Waals surface area (Å²) in [6, 6.07) is 2.60. The molecule has 1 aliphatic carbocycles. The van der Waals surface area contributed by atoms with E-state index in [-0.39, 0.29) is 17.4 Å². The topological polar surface area (TPSA) is 56.2 Å². The summed E-state index contributed by atoms with van der Waals surface area (Å²) in [5.41, 5.74) is 5.70. The standard InChI is InChI=1S/C13H15F3N4/c14-13(15,16)10-7-12-18-11(17)6-9(20(12)19-10)8-4-2-1-3-5-8/h6-8H,1-5H2,(H2,17,18). The Morgan fingerprint density at radius 3 is 2.50 bits per heavy atom. The predicted octanol–water partition coefficient (Wildman–Crippen LogP) is 3.38. The molecule has 0 saturated heterocycles. The maximum atomic E-state index is 12.8. The molecule has 0 spiro atoms. The number of hydrogen-bond acceptors (Lipinski definition) is 3. The van der Waals surface area contributed by atoms with Crippen LogP contribution in [0.1, 0.15) is 49.4 Å². The highest BCUT2D eigenvalue weighted by atomic mass is 19.4. The van der Waals surface area contributed by atoms with Crippen molar-refractivity contribution in [2.45, 2.75) is 44.2 Å². The van der Waals surface area contributed by atoms with Crippen molar-refractivity contribution in [1.29, 1.82) is 0 Å². The largest absolute Gasteiger partial charge is 0.435 e. The number of nitrogens with two attached hydrogens (primary N) is 1. The van der Waals surface area contributed by atoms with Gasteiger partial charge in [-0.1, -0.05) is 19.3 Å². The second-order valence-electron chi connectivity index (χ2n) is 5.24. The van der Waals surface area contributed by atoms with Gasteiger partial charge in [0.05, 0.1) is 5.69 Å². The fourth-order valence-electron chi connectivity index (χ4n) is 2.85. The Morgan fingerprint density at radius 2 is 1.85 bits per heavy atom. The molecule has 2 aromatic rings. The van der Waals surface area contributed by atoms with Crippen molar-refractivity contribution >= 4 is 11.5 Å². The van der Waals surface area contributed by atoms with Gasteiger partial charge < -0.3 is 5.73 Å². The zero-order valence-corrected chi connectivity index (χ0v) is 10.8. The zero-order chi connectivity index (χ0) is 14.3. The molecule has 4 nitrogen and oxygen atoms in total. The van der Waals surface area contributed by atoms with Gasteiger partial charge in [0.2, 0.25) is 0 Å². The summed E-state index contributed by atoms with van der Waals surface area (Å²) in [5.74, 6) is 0.448. The molecule has 0 unspecified atom stereocenters. The average molecular weight is 284 g/mol. The molecule has 0 bridgehead atoms. The van der Waals surface area contributed by atoms with Gasteiger partial charge in [-0.05, 0) is 12.8 Å². The molecule has 0 amide bonds. The fraction of sp³-hybridized carbons (Fsp3) is 0.538. The van der Waals surface area contributed by atoms with Gasteiger partial charge in [-0.2, -0.15) is 18.3 Å². The van der Waals surface area contributed by atoms with Gasteiger partial charge in [-0.3, -0.25) is 0 Å². The maximum Gasteiger partial charge on any atom is 0.435 e. The van der Waals surface area contributed by atoms with E-state index >= 15 is 0 Å². The van der Waals surface area contributed by atoms with E-state index in [1.165, 1.54) is 10.9 Å². The zero-order valence-electron chi connectivity index (χ0n) is 10.8. The quantitative estimate of drug-likeness (QED) is 0.873. The fourth-order valence-corrected chi connectivity index (χ4v) is 2.85. The third-order valence-corrected chi connectivity index (χ3v) is 3.79. The normalized spacial score (nSPS) is 17.8. The molecule has 1 aliphatic rings. The van der Waals surface area contributed by atoms with Gasteiger partial charge in [0.1, 0.15) is 5.82 Å². The van der Waals surface area contributed by atoms with E-state index in [1.807, 2.05) is 0 Å². The van der Waals surface area contributed by atoms with Crippen molar-refractivity contribution in [1.82, 2.24) is 14.6 Å². The van der Waals surface area contributed by atoms with E-state index in [9.17, 15) is 13.2 Å². The van der Waals surface area contributed by atoms with Crippen LogP contribution in [0.25, 0.3) is 5.65 Å². The number of rotatable bonds is 1. The summed E-state index contributed by atoms with van der Waals surface area (Å²) >= 11 is 0. The number of fused-ring (bicyclic) bond motifs is 1. The minimum absolute atomic E-state index is 0.165. The number of alkyl halides is 3. The Labute approximate surface area is 113 Å². The van der Waals surface area contributed by atoms with Crippen LogP contribution in [0.3, 0.4) is 0 Å². The Hall–Kier alpha value is -1.79. The van der Waals surface area contributed by atoms with Gasteiger partial charge >= 0.3 is 6.18 Å². The number of nitrogen functional groups attached to an aromatic ring is 1. The summed E-state index contributed by atoms with van der Waals surface area (Å²) in [6.45, 7) is 0. The molecule has 0 aromatic carbocycles. The predicted molar refractivity (Wildman–Crippen MR) is 68.2 cm³/mol. The Balaban J connectivity index is 2.12. The van der Waals surface area contributed by atoms with Crippen molar-refractivity contribution in [2.24, 2.45) is 0 Å². The SMILES string of the molecule is Nc1cc(C2CCCCC2)n2nc(C(F)(F)F)cc2n1. The minimum atomic E-state index is -4.47. The lowest BCUT2D eigenvalue weighted by Crippen LogP contribution is -2.12. The van der Waals surface area contributed by atoms with Crippen molar-refractivity contribution < 1.29 is 13.2 Å². The van der Waals surface area contributed by atoms with E-state index in [1.54, 1.807) is 6.07 Å². The number of hydrogen-bond donors (Lipinski definition) is 1. The van der Waals surface area contributed by atoms with Crippen molar-refractivity contribution in [3.05, 3.63) is 23.5 Å². The van der Waals surface area contributed by atoms with Crippen LogP contribution in [-0.4, -0.2) is 14.6 Å². The minimum Gasteiger partial charge on any atom is -0.384 e. The van der Waals surface area contributed by atoms with Crippen LogP contribution in [0.4, 0.5) is 19.0 Å². The van der Waals surface area contributed by atoms with Crippen LogP contribution in [0, 0.1) is 0 Å². The Kier molecular flexibility index (Phi) is 3.07. The lowest BCUT2D eigenvalue weighted by Gasteiger charge is -2.22. The molecule has 0 atom stereocenters. The van der Waals surface area contributed by atoms with Crippen LogP contribution in [0.5, 0.6) is 0 Å².